The van der Waals surface area contributed by atoms with Gasteiger partial charge in [-0.2, -0.15) is 0 Å². The van der Waals surface area contributed by atoms with Crippen molar-refractivity contribution in [2.45, 2.75) is 18.7 Å². The number of aryl methyl sites for hydroxylation is 1. The Bertz CT molecular complexity index is 942. The molecule has 1 amide bonds. The summed E-state index contributed by atoms with van der Waals surface area (Å²) in [7, 11) is 0. The van der Waals surface area contributed by atoms with E-state index < -0.39 is 0 Å². The summed E-state index contributed by atoms with van der Waals surface area (Å²) in [5.74, 6) is -0.198. The standard InChI is InChI=1S/C21H21N3O2S/c1-14-6-3-4-7-18(14)24-27-17-12-10-16(11-13-17)21(25)22-19-8-5-9-20(23-26)15(19)2/h3-13,23-24,26H,1-2H3,(H,22,25). The summed E-state index contributed by atoms with van der Waals surface area (Å²) in [4.78, 5) is 13.5. The molecule has 0 saturated carbocycles. The van der Waals surface area contributed by atoms with Gasteiger partial charge in [0.15, 0.2) is 0 Å². The van der Waals surface area contributed by atoms with Gasteiger partial charge in [-0.05, 0) is 79.4 Å². The maximum Gasteiger partial charge on any atom is 0.255 e. The number of hydrogen-bond donors (Lipinski definition) is 4. The SMILES string of the molecule is Cc1ccccc1NSc1ccc(C(=O)Nc2cccc(NO)c2C)cc1. The fraction of sp³-hybridized carbons (Fsp3) is 0.0952. The third-order valence-corrected chi connectivity index (χ3v) is 5.07. The van der Waals surface area contributed by atoms with Gasteiger partial charge >= 0.3 is 0 Å². The molecule has 3 rings (SSSR count). The quantitative estimate of drug-likeness (QED) is 0.337. The van der Waals surface area contributed by atoms with Gasteiger partial charge in [0.1, 0.15) is 0 Å². The molecule has 0 bridgehead atoms. The monoisotopic (exact) mass is 379 g/mol. The summed E-state index contributed by atoms with van der Waals surface area (Å²) in [6.45, 7) is 3.88. The molecule has 0 aliphatic heterocycles. The molecule has 4 N–H and O–H groups in total. The second-order valence-electron chi connectivity index (χ2n) is 6.09. The lowest BCUT2D eigenvalue weighted by Crippen LogP contribution is -2.13. The number of carbonyl (C=O) groups is 1. The fourth-order valence-corrected chi connectivity index (χ4v) is 3.29. The number of nitrogens with one attached hydrogen (secondary N) is 3. The number of hydrogen-bond acceptors (Lipinski definition) is 5. The van der Waals surface area contributed by atoms with E-state index in [9.17, 15) is 4.79 Å². The molecular formula is C21H21N3O2S. The Morgan fingerprint density at radius 1 is 0.852 bits per heavy atom. The molecule has 6 heteroatoms. The zero-order valence-electron chi connectivity index (χ0n) is 15.1. The van der Waals surface area contributed by atoms with Crippen LogP contribution in [0.15, 0.2) is 71.6 Å². The van der Waals surface area contributed by atoms with Crippen molar-refractivity contribution in [2.75, 3.05) is 15.5 Å². The summed E-state index contributed by atoms with van der Waals surface area (Å²) in [6.07, 6.45) is 0. The van der Waals surface area contributed by atoms with Crippen LogP contribution in [0.5, 0.6) is 0 Å². The van der Waals surface area contributed by atoms with E-state index in [0.29, 0.717) is 16.9 Å². The molecule has 0 heterocycles. The Morgan fingerprint density at radius 3 is 2.22 bits per heavy atom. The first-order valence-electron chi connectivity index (χ1n) is 8.48. The molecule has 27 heavy (non-hydrogen) atoms. The molecule has 0 atom stereocenters. The normalized spacial score (nSPS) is 10.3. The molecule has 0 spiro atoms. The Hall–Kier alpha value is -2.96. The summed E-state index contributed by atoms with van der Waals surface area (Å²) in [5.41, 5.74) is 6.91. The smallest absolute Gasteiger partial charge is 0.255 e. The molecule has 3 aromatic rings. The van der Waals surface area contributed by atoms with E-state index in [1.54, 1.807) is 30.3 Å². The van der Waals surface area contributed by atoms with Crippen molar-refractivity contribution >= 4 is 34.9 Å². The summed E-state index contributed by atoms with van der Waals surface area (Å²) in [6, 6.07) is 20.8. The van der Waals surface area contributed by atoms with Crippen LogP contribution in [0.3, 0.4) is 0 Å². The molecule has 0 unspecified atom stereocenters. The maximum atomic E-state index is 12.5. The average molecular weight is 379 g/mol. The van der Waals surface area contributed by atoms with E-state index >= 15 is 0 Å². The number of para-hydroxylation sites is 1. The summed E-state index contributed by atoms with van der Waals surface area (Å²) >= 11 is 1.50. The average Bonchev–Trinajstić information content (AvgIpc) is 2.69. The van der Waals surface area contributed by atoms with Gasteiger partial charge in [0.05, 0.1) is 5.69 Å². The van der Waals surface area contributed by atoms with Crippen LogP contribution in [0.2, 0.25) is 0 Å². The highest BCUT2D eigenvalue weighted by Crippen LogP contribution is 2.25. The van der Waals surface area contributed by atoms with Crippen LogP contribution >= 0.6 is 11.9 Å². The molecule has 0 radical (unpaired) electrons. The van der Waals surface area contributed by atoms with Crippen molar-refractivity contribution in [3.63, 3.8) is 0 Å². The molecule has 0 fully saturated rings. The topological polar surface area (TPSA) is 73.4 Å². The highest BCUT2D eigenvalue weighted by molar-refractivity contribution is 8.00. The Kier molecular flexibility index (Phi) is 6.01. The lowest BCUT2D eigenvalue weighted by Gasteiger charge is -2.12. The van der Waals surface area contributed by atoms with E-state index in [2.05, 4.69) is 28.5 Å². The molecule has 0 aromatic heterocycles. The van der Waals surface area contributed by atoms with Crippen LogP contribution in [0.4, 0.5) is 17.1 Å². The maximum absolute atomic E-state index is 12.5. The molecule has 138 valence electrons. The van der Waals surface area contributed by atoms with Gasteiger partial charge in [-0.1, -0.05) is 24.3 Å². The summed E-state index contributed by atoms with van der Waals surface area (Å²) in [5, 5.41) is 12.0. The van der Waals surface area contributed by atoms with E-state index in [-0.39, 0.29) is 5.91 Å². The first-order valence-corrected chi connectivity index (χ1v) is 9.30. The number of benzene rings is 3. The van der Waals surface area contributed by atoms with Gasteiger partial charge in [0.2, 0.25) is 0 Å². The molecule has 5 nitrogen and oxygen atoms in total. The minimum absolute atomic E-state index is 0.198. The predicted octanol–water partition coefficient (Wildman–Crippen LogP) is 5.48. The molecule has 0 aliphatic rings. The zero-order valence-corrected chi connectivity index (χ0v) is 15.9. The second kappa shape index (κ2) is 8.62. The second-order valence-corrected chi connectivity index (χ2v) is 6.97. The van der Waals surface area contributed by atoms with Crippen LogP contribution in [-0.4, -0.2) is 11.1 Å². The van der Waals surface area contributed by atoms with E-state index in [0.717, 1.165) is 16.1 Å². The van der Waals surface area contributed by atoms with Crippen molar-refractivity contribution < 1.29 is 10.0 Å². The van der Waals surface area contributed by atoms with Crippen LogP contribution < -0.4 is 15.5 Å². The first kappa shape index (κ1) is 18.8. The molecule has 3 aromatic carbocycles. The molecular weight excluding hydrogens is 358 g/mol. The highest BCUT2D eigenvalue weighted by atomic mass is 32.2. The minimum atomic E-state index is -0.198. The highest BCUT2D eigenvalue weighted by Gasteiger charge is 2.10. The van der Waals surface area contributed by atoms with Gasteiger partial charge < -0.3 is 10.0 Å². The van der Waals surface area contributed by atoms with Crippen molar-refractivity contribution in [1.29, 1.82) is 0 Å². The molecule has 0 aliphatic carbocycles. The van der Waals surface area contributed by atoms with Crippen molar-refractivity contribution in [3.05, 3.63) is 83.4 Å². The first-order chi connectivity index (χ1) is 13.1. The zero-order chi connectivity index (χ0) is 19.2. The van der Waals surface area contributed by atoms with Gasteiger partial charge in [-0.25, -0.2) is 0 Å². The van der Waals surface area contributed by atoms with Crippen molar-refractivity contribution in [3.8, 4) is 0 Å². The number of carbonyl (C=O) groups excluding carboxylic acids is 1. The van der Waals surface area contributed by atoms with Gasteiger partial charge in [0, 0.05) is 21.8 Å². The van der Waals surface area contributed by atoms with Gasteiger partial charge in [-0.15, -0.1) is 0 Å². The van der Waals surface area contributed by atoms with Gasteiger partial charge in [0.25, 0.3) is 5.91 Å². The largest absolute Gasteiger partial charge is 0.325 e. The van der Waals surface area contributed by atoms with Crippen LogP contribution in [0.25, 0.3) is 0 Å². The van der Waals surface area contributed by atoms with E-state index in [4.69, 9.17) is 5.21 Å². The van der Waals surface area contributed by atoms with Gasteiger partial charge in [-0.3, -0.25) is 15.5 Å². The predicted molar refractivity (Wildman–Crippen MR) is 112 cm³/mol. The van der Waals surface area contributed by atoms with Crippen molar-refractivity contribution in [2.24, 2.45) is 0 Å². The Balaban J connectivity index is 1.65. The van der Waals surface area contributed by atoms with Crippen LogP contribution in [-0.2, 0) is 0 Å². The Labute approximate surface area is 162 Å². The van der Waals surface area contributed by atoms with Crippen molar-refractivity contribution in [1.82, 2.24) is 0 Å². The lowest BCUT2D eigenvalue weighted by atomic mass is 10.1. The minimum Gasteiger partial charge on any atom is -0.325 e. The number of rotatable bonds is 6. The fourth-order valence-electron chi connectivity index (χ4n) is 2.56. The third-order valence-electron chi connectivity index (χ3n) is 4.24. The number of amides is 1. The Morgan fingerprint density at radius 2 is 1.52 bits per heavy atom. The lowest BCUT2D eigenvalue weighted by molar-refractivity contribution is 0.102. The van der Waals surface area contributed by atoms with Crippen LogP contribution in [0.1, 0.15) is 21.5 Å². The molecule has 0 saturated heterocycles. The van der Waals surface area contributed by atoms with E-state index in [1.807, 2.05) is 37.3 Å². The van der Waals surface area contributed by atoms with Crippen LogP contribution in [0, 0.1) is 13.8 Å². The number of anilines is 3. The third kappa shape index (κ3) is 4.61. The summed E-state index contributed by atoms with van der Waals surface area (Å²) < 4.78 is 3.32. The van der Waals surface area contributed by atoms with E-state index in [1.165, 1.54) is 17.5 Å².